The first-order chi connectivity index (χ1) is 9.58. The monoisotopic (exact) mass is 271 g/mol. The van der Waals surface area contributed by atoms with E-state index < -0.39 is 4.92 Å². The zero-order valence-corrected chi connectivity index (χ0v) is 10.8. The van der Waals surface area contributed by atoms with Gasteiger partial charge in [0.1, 0.15) is 0 Å². The maximum atomic E-state index is 12.0. The summed E-state index contributed by atoms with van der Waals surface area (Å²) in [7, 11) is 0. The van der Waals surface area contributed by atoms with Crippen LogP contribution in [0.15, 0.2) is 48.8 Å². The second kappa shape index (κ2) is 5.92. The van der Waals surface area contributed by atoms with E-state index in [1.807, 2.05) is 13.0 Å². The van der Waals surface area contributed by atoms with E-state index in [0.29, 0.717) is 5.56 Å². The fraction of sp³-hybridized carbons (Fsp3) is 0.143. The Morgan fingerprint density at radius 2 is 2.00 bits per heavy atom. The molecule has 1 amide bonds. The standard InChI is InChI=1S/C14H13N3O3/c1-10(12-3-2-8-15-9-12)16-14(18)11-4-6-13(7-5-11)17(19)20/h2-10H,1H3,(H,16,18)/t10-/m0/s1. The lowest BCUT2D eigenvalue weighted by atomic mass is 10.1. The Morgan fingerprint density at radius 3 is 2.55 bits per heavy atom. The lowest BCUT2D eigenvalue weighted by Crippen LogP contribution is -2.26. The molecule has 6 nitrogen and oxygen atoms in total. The third kappa shape index (κ3) is 3.17. The van der Waals surface area contributed by atoms with Crippen LogP contribution in [0.1, 0.15) is 28.9 Å². The van der Waals surface area contributed by atoms with Gasteiger partial charge >= 0.3 is 0 Å². The minimum absolute atomic E-state index is 0.0399. The van der Waals surface area contributed by atoms with Gasteiger partial charge < -0.3 is 5.32 Å². The summed E-state index contributed by atoms with van der Waals surface area (Å²) < 4.78 is 0. The van der Waals surface area contributed by atoms with E-state index in [1.54, 1.807) is 18.5 Å². The fourth-order valence-electron chi connectivity index (χ4n) is 1.73. The molecule has 102 valence electrons. The molecule has 6 heteroatoms. The number of non-ortho nitro benzene ring substituents is 1. The Kier molecular flexibility index (Phi) is 4.05. The summed E-state index contributed by atoms with van der Waals surface area (Å²) in [6.07, 6.45) is 3.34. The zero-order chi connectivity index (χ0) is 14.5. The summed E-state index contributed by atoms with van der Waals surface area (Å²) >= 11 is 0. The van der Waals surface area contributed by atoms with Crippen LogP contribution in [-0.4, -0.2) is 15.8 Å². The van der Waals surface area contributed by atoms with Crippen LogP contribution in [0.3, 0.4) is 0 Å². The molecule has 0 aliphatic rings. The minimum Gasteiger partial charge on any atom is -0.345 e. The van der Waals surface area contributed by atoms with Gasteiger partial charge in [-0.3, -0.25) is 19.9 Å². The van der Waals surface area contributed by atoms with Gasteiger partial charge in [-0.05, 0) is 30.7 Å². The van der Waals surface area contributed by atoms with Crippen LogP contribution >= 0.6 is 0 Å². The second-order valence-corrected chi connectivity index (χ2v) is 4.29. The largest absolute Gasteiger partial charge is 0.345 e. The van der Waals surface area contributed by atoms with Crippen LogP contribution in [0.5, 0.6) is 0 Å². The van der Waals surface area contributed by atoms with E-state index in [-0.39, 0.29) is 17.6 Å². The molecule has 0 aliphatic carbocycles. The van der Waals surface area contributed by atoms with Gasteiger partial charge in [0.15, 0.2) is 0 Å². The molecule has 0 unspecified atom stereocenters. The minimum atomic E-state index is -0.500. The number of pyridine rings is 1. The highest BCUT2D eigenvalue weighted by molar-refractivity contribution is 5.94. The molecular weight excluding hydrogens is 258 g/mol. The number of hydrogen-bond donors (Lipinski definition) is 1. The quantitative estimate of drug-likeness (QED) is 0.683. The predicted molar refractivity (Wildman–Crippen MR) is 73.2 cm³/mol. The first-order valence-electron chi connectivity index (χ1n) is 6.03. The van der Waals surface area contributed by atoms with Crippen LogP contribution in [0.25, 0.3) is 0 Å². The Balaban J connectivity index is 2.06. The third-order valence-electron chi connectivity index (χ3n) is 2.87. The molecule has 1 aromatic carbocycles. The molecule has 0 saturated heterocycles. The SMILES string of the molecule is C[C@H](NC(=O)c1ccc([N+](=O)[O-])cc1)c1cccnc1. The van der Waals surface area contributed by atoms with Gasteiger partial charge in [-0.25, -0.2) is 0 Å². The van der Waals surface area contributed by atoms with Gasteiger partial charge in [0.05, 0.1) is 11.0 Å². The number of nitro groups is 1. The lowest BCUT2D eigenvalue weighted by molar-refractivity contribution is -0.384. The average molecular weight is 271 g/mol. The molecule has 0 aliphatic heterocycles. The van der Waals surface area contributed by atoms with Crippen LogP contribution in [0.4, 0.5) is 5.69 Å². The van der Waals surface area contributed by atoms with Crippen molar-refractivity contribution in [3.8, 4) is 0 Å². The van der Waals surface area contributed by atoms with E-state index in [0.717, 1.165) is 5.56 Å². The summed E-state index contributed by atoms with van der Waals surface area (Å²) in [5.41, 5.74) is 1.23. The topological polar surface area (TPSA) is 85.1 Å². The van der Waals surface area contributed by atoms with Crippen molar-refractivity contribution in [1.82, 2.24) is 10.3 Å². The van der Waals surface area contributed by atoms with Crippen LogP contribution in [0, 0.1) is 10.1 Å². The summed E-state index contributed by atoms with van der Waals surface area (Å²) in [5, 5.41) is 13.4. The summed E-state index contributed by atoms with van der Waals surface area (Å²) in [5.74, 6) is -0.281. The average Bonchev–Trinajstić information content (AvgIpc) is 2.48. The summed E-state index contributed by atoms with van der Waals surface area (Å²) in [6, 6.07) is 8.96. The smallest absolute Gasteiger partial charge is 0.269 e. The number of carbonyl (C=O) groups excluding carboxylic acids is 1. The summed E-state index contributed by atoms with van der Waals surface area (Å²) in [4.78, 5) is 26.0. The molecule has 0 bridgehead atoms. The molecule has 1 N–H and O–H groups in total. The van der Waals surface area contributed by atoms with Gasteiger partial charge in [-0.2, -0.15) is 0 Å². The van der Waals surface area contributed by atoms with Crippen molar-refractivity contribution in [3.05, 3.63) is 70.0 Å². The molecule has 1 aromatic heterocycles. The number of carbonyl (C=O) groups is 1. The fourth-order valence-corrected chi connectivity index (χ4v) is 1.73. The van der Waals surface area contributed by atoms with Crippen molar-refractivity contribution in [2.24, 2.45) is 0 Å². The first kappa shape index (κ1) is 13.7. The van der Waals surface area contributed by atoms with Crippen molar-refractivity contribution < 1.29 is 9.72 Å². The normalized spacial score (nSPS) is 11.7. The second-order valence-electron chi connectivity index (χ2n) is 4.29. The van der Waals surface area contributed by atoms with Gasteiger partial charge in [-0.15, -0.1) is 0 Å². The van der Waals surface area contributed by atoms with Crippen molar-refractivity contribution in [2.75, 3.05) is 0 Å². The molecule has 1 heterocycles. The van der Waals surface area contributed by atoms with Crippen molar-refractivity contribution in [1.29, 1.82) is 0 Å². The number of aromatic nitrogens is 1. The maximum Gasteiger partial charge on any atom is 0.269 e. The summed E-state index contributed by atoms with van der Waals surface area (Å²) in [6.45, 7) is 1.85. The van der Waals surface area contributed by atoms with E-state index in [9.17, 15) is 14.9 Å². The van der Waals surface area contributed by atoms with Crippen molar-refractivity contribution >= 4 is 11.6 Å². The Labute approximate surface area is 115 Å². The third-order valence-corrected chi connectivity index (χ3v) is 2.87. The number of rotatable bonds is 4. The van der Waals surface area contributed by atoms with Crippen LogP contribution < -0.4 is 5.32 Å². The van der Waals surface area contributed by atoms with Gasteiger partial charge in [0.2, 0.25) is 0 Å². The molecular formula is C14H13N3O3. The molecule has 1 atom stereocenters. The van der Waals surface area contributed by atoms with Crippen molar-refractivity contribution in [2.45, 2.75) is 13.0 Å². The van der Waals surface area contributed by atoms with Crippen LogP contribution in [-0.2, 0) is 0 Å². The molecule has 2 aromatic rings. The highest BCUT2D eigenvalue weighted by Gasteiger charge is 2.13. The Morgan fingerprint density at radius 1 is 1.30 bits per heavy atom. The molecule has 0 spiro atoms. The molecule has 0 radical (unpaired) electrons. The number of benzene rings is 1. The van der Waals surface area contributed by atoms with Crippen molar-refractivity contribution in [3.63, 3.8) is 0 Å². The maximum absolute atomic E-state index is 12.0. The van der Waals surface area contributed by atoms with E-state index in [4.69, 9.17) is 0 Å². The molecule has 0 fully saturated rings. The number of amides is 1. The zero-order valence-electron chi connectivity index (χ0n) is 10.8. The van der Waals surface area contributed by atoms with Gasteiger partial charge in [-0.1, -0.05) is 6.07 Å². The number of nitrogens with one attached hydrogen (secondary N) is 1. The van der Waals surface area contributed by atoms with Crippen LogP contribution in [0.2, 0.25) is 0 Å². The number of hydrogen-bond acceptors (Lipinski definition) is 4. The van der Waals surface area contributed by atoms with E-state index in [1.165, 1.54) is 24.3 Å². The highest BCUT2D eigenvalue weighted by Crippen LogP contribution is 2.14. The first-order valence-corrected chi connectivity index (χ1v) is 6.03. The van der Waals surface area contributed by atoms with E-state index >= 15 is 0 Å². The number of nitrogens with zero attached hydrogens (tertiary/aromatic N) is 2. The lowest BCUT2D eigenvalue weighted by Gasteiger charge is -2.13. The molecule has 0 saturated carbocycles. The number of nitro benzene ring substituents is 1. The van der Waals surface area contributed by atoms with Gasteiger partial charge in [0, 0.05) is 30.1 Å². The highest BCUT2D eigenvalue weighted by atomic mass is 16.6. The molecule has 20 heavy (non-hydrogen) atoms. The predicted octanol–water partition coefficient (Wildman–Crippen LogP) is 2.48. The Hall–Kier alpha value is -2.76. The van der Waals surface area contributed by atoms with E-state index in [2.05, 4.69) is 10.3 Å². The Bertz CT molecular complexity index is 611. The van der Waals surface area contributed by atoms with Gasteiger partial charge in [0.25, 0.3) is 11.6 Å². The molecule has 2 rings (SSSR count).